The van der Waals surface area contributed by atoms with E-state index in [0.29, 0.717) is 0 Å². The molecule has 0 amide bonds. The quantitative estimate of drug-likeness (QED) is 0.139. The summed E-state index contributed by atoms with van der Waals surface area (Å²) in [4.78, 5) is 26.7. The average molecular weight is 1180 g/mol. The lowest BCUT2D eigenvalue weighted by molar-refractivity contribution is 0.521. The van der Waals surface area contributed by atoms with Gasteiger partial charge in [-0.15, -0.1) is 49.0 Å². The predicted octanol–water partition coefficient (Wildman–Crippen LogP) is 7.98. The average Bonchev–Trinajstić information content (AvgIpc) is 4.23. The SMILES string of the molecule is Cc1ccns1.Cc1ccsn1.Cc1cncs1.Cc1cnsc1.Cc1cscn1.Cc1ncco1.Cc1nccs1.Cn1cccn1.Cn1ccnc1.Cn1ccnn1.Cn1cncn1.Cn1cnnn1.Cn1nnnn1. The molecule has 0 aliphatic carbocycles. The van der Waals surface area contributed by atoms with Gasteiger partial charge >= 0.3 is 0 Å². The van der Waals surface area contributed by atoms with E-state index in [0.717, 1.165) is 22.3 Å². The molecule has 0 saturated heterocycles. The highest BCUT2D eigenvalue weighted by Crippen LogP contribution is 2.01. The largest absolute Gasteiger partial charge is 0.449 e. The van der Waals surface area contributed by atoms with Crippen LogP contribution in [0.25, 0.3) is 0 Å². The van der Waals surface area contributed by atoms with Gasteiger partial charge < -0.3 is 8.98 Å². The molecule has 13 aromatic rings. The third kappa shape index (κ3) is 44.1. The third-order valence-electron chi connectivity index (χ3n) is 7.09. The van der Waals surface area contributed by atoms with E-state index < -0.39 is 0 Å². The van der Waals surface area contributed by atoms with Crippen molar-refractivity contribution in [3.8, 4) is 0 Å². The summed E-state index contributed by atoms with van der Waals surface area (Å²) < 4.78 is 24.9. The lowest BCUT2D eigenvalue weighted by Crippen LogP contribution is -1.91. The Morgan fingerprint density at radius 2 is 1.33 bits per heavy atom. The van der Waals surface area contributed by atoms with Crippen molar-refractivity contribution in [2.45, 2.75) is 48.5 Å². The first-order valence-electron chi connectivity index (χ1n) is 22.3. The summed E-state index contributed by atoms with van der Waals surface area (Å²) in [5, 5.41) is 47.0. The summed E-state index contributed by atoms with van der Waals surface area (Å²) in [5.41, 5.74) is 7.13. The molecule has 0 aliphatic heterocycles. The second-order valence-corrected chi connectivity index (χ2v) is 19.5. The number of rotatable bonds is 0. The molecule has 0 bridgehead atoms. The van der Waals surface area contributed by atoms with Crippen molar-refractivity contribution in [3.63, 3.8) is 0 Å². The maximum atomic E-state index is 4.72. The fourth-order valence-electron chi connectivity index (χ4n) is 3.53. The Hall–Kier alpha value is -8.24. The van der Waals surface area contributed by atoms with Crippen molar-refractivity contribution in [2.75, 3.05) is 0 Å². The van der Waals surface area contributed by atoms with Crippen LogP contribution < -0.4 is 0 Å². The van der Waals surface area contributed by atoms with E-state index in [-0.39, 0.29) is 0 Å². The van der Waals surface area contributed by atoms with Gasteiger partial charge in [0.25, 0.3) is 0 Å². The van der Waals surface area contributed by atoms with E-state index in [1.807, 2.05) is 150 Å². The minimum atomic E-state index is 0.718. The van der Waals surface area contributed by atoms with E-state index >= 15 is 0 Å². The number of hydrogen-bond donors (Lipinski definition) is 0. The number of aryl methyl sites for hydroxylation is 13. The summed E-state index contributed by atoms with van der Waals surface area (Å²) in [6.07, 6.45) is 27.6. The topological polar surface area (TPSA) is 301 Å². The summed E-state index contributed by atoms with van der Waals surface area (Å²) in [5.74, 6) is 0.718. The van der Waals surface area contributed by atoms with Crippen molar-refractivity contribution < 1.29 is 4.42 Å². The number of hydrogen-bond acceptors (Lipinski definition) is 27. The zero-order valence-corrected chi connectivity index (χ0v) is 50.3. The van der Waals surface area contributed by atoms with Crippen molar-refractivity contribution in [2.24, 2.45) is 42.3 Å². The number of imidazole rings is 1. The summed E-state index contributed by atoms with van der Waals surface area (Å²) in [7, 11) is 10.9. The Labute approximate surface area is 477 Å². The van der Waals surface area contributed by atoms with Crippen molar-refractivity contribution in [3.05, 3.63) is 188 Å². The van der Waals surface area contributed by atoms with Crippen LogP contribution in [0.3, 0.4) is 0 Å². The van der Waals surface area contributed by atoms with Crippen LogP contribution in [0.5, 0.6) is 0 Å². The number of tetrazole rings is 1. The fraction of sp³-hybridized carbons (Fsp3) is 0.289. The van der Waals surface area contributed by atoms with Crippen LogP contribution in [0, 0.1) is 48.5 Å². The molecule has 13 rings (SSSR count). The van der Waals surface area contributed by atoms with E-state index in [1.54, 1.807) is 131 Å². The van der Waals surface area contributed by atoms with E-state index in [1.165, 1.54) is 72.0 Å². The van der Waals surface area contributed by atoms with Crippen LogP contribution in [-0.4, -0.2) is 128 Å². The zero-order chi connectivity index (χ0) is 57.3. The molecule has 0 spiro atoms. The Kier molecular flexibility index (Phi) is 40.1. The fourth-order valence-corrected chi connectivity index (χ4v) is 6.40. The molecule has 0 saturated carbocycles. The number of nitrogens with zero attached hydrogens (tertiary/aromatic N) is 26. The molecular weight excluding hydrogens is 1110 g/mol. The highest BCUT2D eigenvalue weighted by Gasteiger charge is 1.81. The van der Waals surface area contributed by atoms with Gasteiger partial charge in [-0.3, -0.25) is 29.0 Å². The third-order valence-corrected chi connectivity index (χ3v) is 11.2. The standard InChI is InChI=1S/2C4H6N2.C4H5NO.6C4H5NS.2C3H5N3.C2H4N4.CH3N5/c1-6-3-2-5-4-6;1-6-4-2-3-5-6;1-4-5-2-3-6-4;1-4-2-6-3-5-4;1-4-2-5-3-6-4;1-4-2-5-6-3-4;1-4-5-2-3-6-4;1-4-2-3-6-5-4;1-4-2-3-5-6-4;1-6-3-4-2-5-6;1-6-3-2-4-5-6;1-6-2-3-4-5-6;1-6-4-2-3-5-6/h2*2-4H,1H3;9*2-3H,1H3;2H,1H3;1H3. The minimum absolute atomic E-state index is 0.718. The molecule has 0 aromatic carbocycles. The van der Waals surface area contributed by atoms with Gasteiger partial charge in [0.15, 0.2) is 5.89 Å². The molecule has 33 heteroatoms. The van der Waals surface area contributed by atoms with Crippen LogP contribution >= 0.6 is 68.6 Å². The van der Waals surface area contributed by atoms with Crippen LogP contribution in [0.4, 0.5) is 0 Å². The van der Waals surface area contributed by atoms with Gasteiger partial charge in [0.05, 0.1) is 47.5 Å². The highest BCUT2D eigenvalue weighted by atomic mass is 32.1. The molecule has 78 heavy (non-hydrogen) atoms. The first kappa shape index (κ1) is 67.8. The molecule has 0 N–H and O–H groups in total. The zero-order valence-electron chi connectivity index (χ0n) is 45.4. The van der Waals surface area contributed by atoms with E-state index in [4.69, 9.17) is 4.42 Å². The Bertz CT molecular complexity index is 2230. The predicted molar refractivity (Wildman–Crippen MR) is 306 cm³/mol. The lowest BCUT2D eigenvalue weighted by Gasteiger charge is -1.77. The number of thiazole rings is 3. The smallest absolute Gasteiger partial charge is 0.190 e. The molecule has 13 heterocycles. The second kappa shape index (κ2) is 46.1. The molecular formula is C45H64N26OS6. The first-order chi connectivity index (χ1) is 37.6. The monoisotopic (exact) mass is 1180 g/mol. The summed E-state index contributed by atoms with van der Waals surface area (Å²) in [6.45, 7) is 13.9. The Morgan fingerprint density at radius 1 is 0.526 bits per heavy atom. The van der Waals surface area contributed by atoms with Crippen LogP contribution in [0.1, 0.15) is 37.6 Å². The van der Waals surface area contributed by atoms with Gasteiger partial charge in [0.1, 0.15) is 25.2 Å². The molecule has 0 aliphatic rings. The van der Waals surface area contributed by atoms with Crippen molar-refractivity contribution in [1.82, 2.24) is 128 Å². The van der Waals surface area contributed by atoms with Crippen LogP contribution in [0.15, 0.2) is 155 Å². The van der Waals surface area contributed by atoms with E-state index in [9.17, 15) is 0 Å². The normalized spacial score (nSPS) is 8.83. The van der Waals surface area contributed by atoms with Gasteiger partial charge in [-0.1, -0.05) is 5.21 Å². The molecule has 27 nitrogen and oxygen atoms in total. The Balaban J connectivity index is 0.000000422. The maximum Gasteiger partial charge on any atom is 0.190 e. The highest BCUT2D eigenvalue weighted by molar-refractivity contribution is 7.09. The van der Waals surface area contributed by atoms with Gasteiger partial charge in [-0.05, 0) is 131 Å². The molecule has 0 atom stereocenters. The second-order valence-electron chi connectivity index (χ2n) is 14.2. The van der Waals surface area contributed by atoms with Gasteiger partial charge in [-0.25, -0.2) is 28.4 Å². The maximum absolute atomic E-state index is 4.72. The number of aromatic nitrogens is 26. The molecule has 0 radical (unpaired) electrons. The molecule has 416 valence electrons. The van der Waals surface area contributed by atoms with Crippen molar-refractivity contribution in [1.29, 1.82) is 0 Å². The minimum Gasteiger partial charge on any atom is -0.449 e. The van der Waals surface area contributed by atoms with Crippen molar-refractivity contribution >= 4 is 68.6 Å². The van der Waals surface area contributed by atoms with Crippen LogP contribution in [-0.2, 0) is 42.3 Å². The van der Waals surface area contributed by atoms with Gasteiger partial charge in [0.2, 0.25) is 0 Å². The molecule has 0 fully saturated rings. The Morgan fingerprint density at radius 3 is 1.50 bits per heavy atom. The lowest BCUT2D eigenvalue weighted by atomic mass is 10.5. The van der Waals surface area contributed by atoms with E-state index in [2.05, 4.69) is 99.9 Å². The molecule has 13 aromatic heterocycles. The van der Waals surface area contributed by atoms with Crippen LogP contribution in [0.2, 0.25) is 0 Å². The van der Waals surface area contributed by atoms with Gasteiger partial charge in [0, 0.05) is 135 Å². The number of oxazole rings is 1. The summed E-state index contributed by atoms with van der Waals surface area (Å²) in [6, 6.07) is 5.87. The molecule has 0 unspecified atom stereocenters. The summed E-state index contributed by atoms with van der Waals surface area (Å²) >= 11 is 9.47. The van der Waals surface area contributed by atoms with Gasteiger partial charge in [-0.2, -0.15) is 14.6 Å². The first-order valence-corrected chi connectivity index (χ1v) is 27.5.